The van der Waals surface area contributed by atoms with Gasteiger partial charge in [0.25, 0.3) is 0 Å². The van der Waals surface area contributed by atoms with Crippen molar-refractivity contribution in [2.75, 3.05) is 0 Å². The Hall–Kier alpha value is -1.88. The molecule has 0 fully saturated rings. The van der Waals surface area contributed by atoms with Gasteiger partial charge in [-0.15, -0.1) is 6.42 Å². The molecule has 0 spiro atoms. The zero-order valence-corrected chi connectivity index (χ0v) is 11.7. The lowest BCUT2D eigenvalue weighted by atomic mass is 9.92. The number of halogens is 2. The van der Waals surface area contributed by atoms with E-state index in [2.05, 4.69) is 5.92 Å². The lowest BCUT2D eigenvalue weighted by molar-refractivity contribution is 0.621. The molecule has 0 heterocycles. The third-order valence-corrected chi connectivity index (χ3v) is 2.83. The van der Waals surface area contributed by atoms with E-state index in [0.717, 1.165) is 5.56 Å². The van der Waals surface area contributed by atoms with Crippen molar-refractivity contribution in [3.63, 3.8) is 0 Å². The van der Waals surface area contributed by atoms with E-state index in [0.29, 0.717) is 10.8 Å². The first kappa shape index (κ1) is 15.2. The second kappa shape index (κ2) is 6.33. The Balaban J connectivity index is 0.000000861. The highest BCUT2D eigenvalue weighted by Gasteiger charge is 2.13. The van der Waals surface area contributed by atoms with Gasteiger partial charge >= 0.3 is 0 Å². The van der Waals surface area contributed by atoms with Gasteiger partial charge in [-0.05, 0) is 35.1 Å². The summed E-state index contributed by atoms with van der Waals surface area (Å²) < 4.78 is 27.1. The Morgan fingerprint density at radius 2 is 1.74 bits per heavy atom. The van der Waals surface area contributed by atoms with Crippen LogP contribution in [0.15, 0.2) is 24.3 Å². The number of fused-ring (bicyclic) bond motifs is 1. The van der Waals surface area contributed by atoms with Crippen molar-refractivity contribution < 1.29 is 8.78 Å². The maximum Gasteiger partial charge on any atom is 0.139 e. The van der Waals surface area contributed by atoms with Crippen molar-refractivity contribution in [1.29, 1.82) is 0 Å². The number of hydrogen-bond acceptors (Lipinski definition) is 0. The van der Waals surface area contributed by atoms with Crippen LogP contribution in [0.5, 0.6) is 0 Å². The number of hydrogen-bond donors (Lipinski definition) is 0. The molecule has 0 unspecified atom stereocenters. The van der Waals surface area contributed by atoms with Crippen LogP contribution in [0.25, 0.3) is 10.8 Å². The smallest absolute Gasteiger partial charge is 0.139 e. The van der Waals surface area contributed by atoms with Gasteiger partial charge in [0.2, 0.25) is 0 Å². The first-order valence-corrected chi connectivity index (χ1v) is 6.43. The second-order valence-corrected chi connectivity index (χ2v) is 4.31. The fourth-order valence-electron chi connectivity index (χ4n) is 2.03. The first-order valence-electron chi connectivity index (χ1n) is 6.43. The summed E-state index contributed by atoms with van der Waals surface area (Å²) in [6, 6.07) is 5.64. The summed E-state index contributed by atoms with van der Waals surface area (Å²) >= 11 is 0. The standard InChI is InChI=1S/C15H12F2.C2H6/c1-4-12-14(17)6-5-10-7-11(16)8-13(9(2)3)15(10)12;1-2/h1,5-9H,2-3H3;1-2H3. The van der Waals surface area contributed by atoms with E-state index in [4.69, 9.17) is 6.42 Å². The Morgan fingerprint density at radius 1 is 1.11 bits per heavy atom. The zero-order chi connectivity index (χ0) is 14.6. The predicted octanol–water partition coefficient (Wildman–Crippen LogP) is 5.25. The summed E-state index contributed by atoms with van der Waals surface area (Å²) in [4.78, 5) is 0. The lowest BCUT2D eigenvalue weighted by Gasteiger charge is -2.12. The van der Waals surface area contributed by atoms with Gasteiger partial charge in [-0.25, -0.2) is 8.78 Å². The van der Waals surface area contributed by atoms with Gasteiger partial charge in [-0.3, -0.25) is 0 Å². The SMILES string of the molecule is C#Cc1c(F)ccc2cc(F)cc(C(C)C)c12.CC. The molecule has 0 saturated carbocycles. The minimum Gasteiger partial charge on any atom is -0.207 e. The molecule has 0 aromatic heterocycles. The van der Waals surface area contributed by atoms with Crippen LogP contribution in [-0.4, -0.2) is 0 Å². The molecule has 0 bridgehead atoms. The van der Waals surface area contributed by atoms with Crippen LogP contribution in [0.2, 0.25) is 0 Å². The van der Waals surface area contributed by atoms with Crippen LogP contribution in [0, 0.1) is 24.0 Å². The van der Waals surface area contributed by atoms with E-state index < -0.39 is 5.82 Å². The van der Waals surface area contributed by atoms with Crippen LogP contribution >= 0.6 is 0 Å². The first-order chi connectivity index (χ1) is 9.04. The Bertz CT molecular complexity index is 619. The Labute approximate surface area is 113 Å². The second-order valence-electron chi connectivity index (χ2n) is 4.31. The lowest BCUT2D eigenvalue weighted by Crippen LogP contribution is -1.96. The molecule has 2 rings (SSSR count). The van der Waals surface area contributed by atoms with Gasteiger partial charge in [0, 0.05) is 5.39 Å². The van der Waals surface area contributed by atoms with Gasteiger partial charge in [0.15, 0.2) is 0 Å². The molecule has 0 amide bonds. The Kier molecular flexibility index (Phi) is 5.06. The van der Waals surface area contributed by atoms with E-state index in [1.807, 2.05) is 27.7 Å². The fraction of sp³-hybridized carbons (Fsp3) is 0.294. The van der Waals surface area contributed by atoms with Crippen LogP contribution in [0.3, 0.4) is 0 Å². The molecule has 0 aliphatic rings. The van der Waals surface area contributed by atoms with Crippen LogP contribution < -0.4 is 0 Å². The molecule has 0 atom stereocenters. The van der Waals surface area contributed by atoms with Crippen molar-refractivity contribution in [2.24, 2.45) is 0 Å². The molecule has 0 N–H and O–H groups in total. The summed E-state index contributed by atoms with van der Waals surface area (Å²) in [6.07, 6.45) is 5.34. The van der Waals surface area contributed by atoms with E-state index in [-0.39, 0.29) is 17.3 Å². The third-order valence-electron chi connectivity index (χ3n) is 2.83. The maximum atomic E-state index is 13.6. The summed E-state index contributed by atoms with van der Waals surface area (Å²) in [5.74, 6) is 1.68. The van der Waals surface area contributed by atoms with Crippen LogP contribution in [0.1, 0.15) is 44.7 Å². The highest BCUT2D eigenvalue weighted by Crippen LogP contribution is 2.30. The normalized spacial score (nSPS) is 10.0. The van der Waals surface area contributed by atoms with Crippen molar-refractivity contribution in [3.05, 3.63) is 47.0 Å². The monoisotopic (exact) mass is 260 g/mol. The molecule has 2 aromatic carbocycles. The molecule has 0 aliphatic carbocycles. The van der Waals surface area contributed by atoms with Crippen molar-refractivity contribution >= 4 is 10.8 Å². The molecule has 100 valence electrons. The largest absolute Gasteiger partial charge is 0.207 e. The summed E-state index contributed by atoms with van der Waals surface area (Å²) in [5.41, 5.74) is 0.957. The summed E-state index contributed by atoms with van der Waals surface area (Å²) in [6.45, 7) is 7.86. The number of terminal acetylenes is 1. The highest BCUT2D eigenvalue weighted by atomic mass is 19.1. The predicted molar refractivity (Wildman–Crippen MR) is 77.2 cm³/mol. The molecule has 0 nitrogen and oxygen atoms in total. The van der Waals surface area contributed by atoms with Gasteiger partial charge in [0.1, 0.15) is 11.6 Å². The molecule has 19 heavy (non-hydrogen) atoms. The minimum atomic E-state index is -0.437. The molecule has 0 radical (unpaired) electrons. The number of rotatable bonds is 1. The molecule has 0 saturated heterocycles. The van der Waals surface area contributed by atoms with E-state index >= 15 is 0 Å². The molecular formula is C17H18F2. The van der Waals surface area contributed by atoms with E-state index in [1.165, 1.54) is 18.2 Å². The van der Waals surface area contributed by atoms with Crippen molar-refractivity contribution in [2.45, 2.75) is 33.6 Å². The average Bonchev–Trinajstić information content (AvgIpc) is 2.40. The zero-order valence-electron chi connectivity index (χ0n) is 11.7. The fourth-order valence-corrected chi connectivity index (χ4v) is 2.03. The molecule has 2 aromatic rings. The Morgan fingerprint density at radius 3 is 2.26 bits per heavy atom. The topological polar surface area (TPSA) is 0 Å². The van der Waals surface area contributed by atoms with Gasteiger partial charge < -0.3 is 0 Å². The van der Waals surface area contributed by atoms with Crippen LogP contribution in [0.4, 0.5) is 8.78 Å². The van der Waals surface area contributed by atoms with E-state index in [9.17, 15) is 8.78 Å². The molecule has 2 heteroatoms. The van der Waals surface area contributed by atoms with Crippen molar-refractivity contribution in [3.8, 4) is 12.3 Å². The van der Waals surface area contributed by atoms with Gasteiger partial charge in [0.05, 0.1) is 5.56 Å². The third kappa shape index (κ3) is 2.93. The van der Waals surface area contributed by atoms with Crippen LogP contribution in [-0.2, 0) is 0 Å². The summed E-state index contributed by atoms with van der Waals surface area (Å²) in [7, 11) is 0. The van der Waals surface area contributed by atoms with Gasteiger partial charge in [-0.1, -0.05) is 39.7 Å². The number of benzene rings is 2. The summed E-state index contributed by atoms with van der Waals surface area (Å²) in [5, 5.41) is 1.28. The molecule has 0 aliphatic heterocycles. The van der Waals surface area contributed by atoms with Crippen molar-refractivity contribution in [1.82, 2.24) is 0 Å². The quantitative estimate of drug-likeness (QED) is 0.614. The average molecular weight is 260 g/mol. The van der Waals surface area contributed by atoms with E-state index in [1.54, 1.807) is 6.07 Å². The molecular weight excluding hydrogens is 242 g/mol. The van der Waals surface area contributed by atoms with Gasteiger partial charge in [-0.2, -0.15) is 0 Å². The maximum absolute atomic E-state index is 13.6. The highest BCUT2D eigenvalue weighted by molar-refractivity contribution is 5.91. The minimum absolute atomic E-state index is 0.0853.